The van der Waals surface area contributed by atoms with Crippen LogP contribution in [-0.4, -0.2) is 44.7 Å². The lowest BCUT2D eigenvalue weighted by molar-refractivity contribution is -0.132. The molecule has 0 radical (unpaired) electrons. The maximum absolute atomic E-state index is 12.1. The molecule has 0 bridgehead atoms. The third-order valence-electron chi connectivity index (χ3n) is 5.15. The van der Waals surface area contributed by atoms with E-state index in [-0.39, 0.29) is 12.0 Å². The van der Waals surface area contributed by atoms with Gasteiger partial charge < -0.3 is 19.1 Å². The molecule has 1 aliphatic rings. The van der Waals surface area contributed by atoms with Crippen LogP contribution < -0.4 is 14.2 Å². The average molecular weight is 377 g/mol. The van der Waals surface area contributed by atoms with Gasteiger partial charge in [0.05, 0.1) is 14.2 Å². The van der Waals surface area contributed by atoms with Crippen LogP contribution in [0, 0.1) is 0 Å². The number of likely N-dealkylation sites (N-methyl/N-ethyl adjacent to an activating group) is 1. The number of hydrogen-bond acceptors (Lipinski definition) is 4. The first-order valence-corrected chi connectivity index (χ1v) is 9.26. The summed E-state index contributed by atoms with van der Waals surface area (Å²) in [4.78, 5) is 13.8. The molecule has 1 heterocycles. The molecule has 5 heteroatoms. The highest BCUT2D eigenvalue weighted by Gasteiger charge is 2.30. The molecule has 3 aromatic carbocycles. The van der Waals surface area contributed by atoms with Crippen LogP contribution in [0.15, 0.2) is 54.6 Å². The number of ether oxygens (including phenoxy) is 3. The molecular weight excluding hydrogens is 354 g/mol. The molecule has 1 amide bonds. The standard InChI is InChI=1S/C23H23NO4/c1-24-9-8-22(23(24)25)28-19-7-6-15-10-16(4-5-17(15)11-19)18-12-20(26-2)14-21(13-18)27-3/h4-7,10-14,22H,8-9H2,1-3H3. The summed E-state index contributed by atoms with van der Waals surface area (Å²) in [6.07, 6.45) is 0.343. The number of amides is 1. The van der Waals surface area contributed by atoms with Gasteiger partial charge in [-0.25, -0.2) is 0 Å². The van der Waals surface area contributed by atoms with Gasteiger partial charge >= 0.3 is 0 Å². The van der Waals surface area contributed by atoms with Gasteiger partial charge in [0.15, 0.2) is 6.10 Å². The number of carbonyl (C=O) groups excluding carboxylic acids is 1. The topological polar surface area (TPSA) is 48.0 Å². The van der Waals surface area contributed by atoms with Crippen molar-refractivity contribution in [3.8, 4) is 28.4 Å². The van der Waals surface area contributed by atoms with Crippen molar-refractivity contribution in [3.63, 3.8) is 0 Å². The number of benzene rings is 3. The molecule has 0 saturated carbocycles. The van der Waals surface area contributed by atoms with Gasteiger partial charge in [-0.15, -0.1) is 0 Å². The summed E-state index contributed by atoms with van der Waals surface area (Å²) in [5.41, 5.74) is 2.10. The Balaban J connectivity index is 1.63. The van der Waals surface area contributed by atoms with Crippen LogP contribution >= 0.6 is 0 Å². The lowest BCUT2D eigenvalue weighted by atomic mass is 10.0. The summed E-state index contributed by atoms with van der Waals surface area (Å²) < 4.78 is 16.7. The Kier molecular flexibility index (Phi) is 4.82. The second kappa shape index (κ2) is 7.43. The van der Waals surface area contributed by atoms with Crippen LogP contribution in [0.4, 0.5) is 0 Å². The van der Waals surface area contributed by atoms with E-state index in [9.17, 15) is 4.79 Å². The van der Waals surface area contributed by atoms with Crippen LogP contribution in [0.25, 0.3) is 21.9 Å². The van der Waals surface area contributed by atoms with E-state index in [1.165, 1.54) is 0 Å². The zero-order chi connectivity index (χ0) is 19.7. The van der Waals surface area contributed by atoms with E-state index in [0.29, 0.717) is 0 Å². The van der Waals surface area contributed by atoms with Crippen LogP contribution in [0.2, 0.25) is 0 Å². The van der Waals surface area contributed by atoms with Gasteiger partial charge in [-0.05, 0) is 52.2 Å². The van der Waals surface area contributed by atoms with Gasteiger partial charge in [0.25, 0.3) is 5.91 Å². The van der Waals surface area contributed by atoms with Gasteiger partial charge in [-0.2, -0.15) is 0 Å². The van der Waals surface area contributed by atoms with E-state index >= 15 is 0 Å². The summed E-state index contributed by atoms with van der Waals surface area (Å²) in [6, 6.07) is 18.0. The maximum atomic E-state index is 12.1. The Labute approximate surface area is 164 Å². The SMILES string of the molecule is COc1cc(OC)cc(-c2ccc3cc(OC4CCN(C)C4=O)ccc3c2)c1. The van der Waals surface area contributed by atoms with Crippen molar-refractivity contribution in [3.05, 3.63) is 54.6 Å². The zero-order valence-corrected chi connectivity index (χ0v) is 16.3. The third kappa shape index (κ3) is 3.48. The second-order valence-corrected chi connectivity index (χ2v) is 6.98. The van der Waals surface area contributed by atoms with Crippen molar-refractivity contribution in [1.29, 1.82) is 0 Å². The van der Waals surface area contributed by atoms with Crippen LogP contribution in [0.5, 0.6) is 17.2 Å². The first-order valence-electron chi connectivity index (χ1n) is 9.26. The first kappa shape index (κ1) is 18.2. The summed E-state index contributed by atoms with van der Waals surface area (Å²) in [6.45, 7) is 0.741. The minimum atomic E-state index is -0.383. The van der Waals surface area contributed by atoms with Crippen molar-refractivity contribution in [2.24, 2.45) is 0 Å². The number of carbonyl (C=O) groups is 1. The zero-order valence-electron chi connectivity index (χ0n) is 16.3. The minimum absolute atomic E-state index is 0.0439. The van der Waals surface area contributed by atoms with Crippen molar-refractivity contribution >= 4 is 16.7 Å². The number of likely N-dealkylation sites (tertiary alicyclic amines) is 1. The molecule has 1 atom stereocenters. The lowest BCUT2D eigenvalue weighted by Crippen LogP contribution is -2.29. The molecule has 0 spiro atoms. The fraction of sp³-hybridized carbons (Fsp3) is 0.261. The predicted octanol–water partition coefficient (Wildman–Crippen LogP) is 4.13. The summed E-state index contributed by atoms with van der Waals surface area (Å²) in [5.74, 6) is 2.27. The second-order valence-electron chi connectivity index (χ2n) is 6.98. The molecule has 0 N–H and O–H groups in total. The lowest BCUT2D eigenvalue weighted by Gasteiger charge is -2.14. The highest BCUT2D eigenvalue weighted by molar-refractivity contribution is 5.89. The monoisotopic (exact) mass is 377 g/mol. The van der Waals surface area contributed by atoms with Gasteiger partial charge in [0.2, 0.25) is 0 Å². The average Bonchev–Trinajstić information content (AvgIpc) is 3.05. The molecule has 1 saturated heterocycles. The van der Waals surface area contributed by atoms with E-state index < -0.39 is 0 Å². The van der Waals surface area contributed by atoms with E-state index in [4.69, 9.17) is 14.2 Å². The van der Waals surface area contributed by atoms with E-state index in [1.807, 2.05) is 36.4 Å². The van der Waals surface area contributed by atoms with Gasteiger partial charge in [-0.1, -0.05) is 18.2 Å². The van der Waals surface area contributed by atoms with E-state index in [1.54, 1.807) is 26.2 Å². The number of hydrogen-bond donors (Lipinski definition) is 0. The molecule has 5 nitrogen and oxygen atoms in total. The Morgan fingerprint density at radius 3 is 2.14 bits per heavy atom. The third-order valence-corrected chi connectivity index (χ3v) is 5.15. The Morgan fingerprint density at radius 2 is 1.50 bits per heavy atom. The highest BCUT2D eigenvalue weighted by atomic mass is 16.5. The number of rotatable bonds is 5. The predicted molar refractivity (Wildman–Crippen MR) is 109 cm³/mol. The van der Waals surface area contributed by atoms with Crippen molar-refractivity contribution in [2.45, 2.75) is 12.5 Å². The van der Waals surface area contributed by atoms with E-state index in [2.05, 4.69) is 18.2 Å². The summed E-state index contributed by atoms with van der Waals surface area (Å²) >= 11 is 0. The Bertz CT molecular complexity index is 1010. The quantitative estimate of drug-likeness (QED) is 0.671. The molecule has 4 rings (SSSR count). The Morgan fingerprint density at radius 1 is 0.821 bits per heavy atom. The van der Waals surface area contributed by atoms with Crippen LogP contribution in [-0.2, 0) is 4.79 Å². The van der Waals surface area contributed by atoms with Gasteiger partial charge in [0, 0.05) is 26.1 Å². The summed E-state index contributed by atoms with van der Waals surface area (Å²) in [7, 11) is 5.10. The molecule has 0 aliphatic carbocycles. The van der Waals surface area contributed by atoms with E-state index in [0.717, 1.165) is 52.1 Å². The molecule has 3 aromatic rings. The summed E-state index contributed by atoms with van der Waals surface area (Å²) in [5, 5.41) is 2.16. The highest BCUT2D eigenvalue weighted by Crippen LogP contribution is 2.32. The van der Waals surface area contributed by atoms with Crippen molar-refractivity contribution in [1.82, 2.24) is 4.90 Å². The fourth-order valence-electron chi connectivity index (χ4n) is 3.51. The van der Waals surface area contributed by atoms with Gasteiger partial charge in [0.1, 0.15) is 17.2 Å². The van der Waals surface area contributed by atoms with Gasteiger partial charge in [-0.3, -0.25) is 4.79 Å². The molecule has 1 aliphatic heterocycles. The van der Waals surface area contributed by atoms with Crippen LogP contribution in [0.3, 0.4) is 0 Å². The Hall–Kier alpha value is -3.21. The molecule has 1 fully saturated rings. The smallest absolute Gasteiger partial charge is 0.263 e. The largest absolute Gasteiger partial charge is 0.497 e. The number of fused-ring (bicyclic) bond motifs is 1. The first-order chi connectivity index (χ1) is 13.6. The number of methoxy groups -OCH3 is 2. The molecular formula is C23H23NO4. The molecule has 28 heavy (non-hydrogen) atoms. The normalized spacial score (nSPS) is 16.5. The van der Waals surface area contributed by atoms with Crippen molar-refractivity contribution in [2.75, 3.05) is 27.8 Å². The fourth-order valence-corrected chi connectivity index (χ4v) is 3.51. The van der Waals surface area contributed by atoms with Crippen LogP contribution in [0.1, 0.15) is 6.42 Å². The minimum Gasteiger partial charge on any atom is -0.497 e. The van der Waals surface area contributed by atoms with Crippen molar-refractivity contribution < 1.29 is 19.0 Å². The molecule has 1 unspecified atom stereocenters. The molecule has 0 aromatic heterocycles. The maximum Gasteiger partial charge on any atom is 0.263 e. The number of nitrogens with zero attached hydrogens (tertiary/aromatic N) is 1. The molecule has 144 valence electrons.